The van der Waals surface area contributed by atoms with Gasteiger partial charge < -0.3 is 15.5 Å². The topological polar surface area (TPSA) is 85.3 Å². The summed E-state index contributed by atoms with van der Waals surface area (Å²) in [5.41, 5.74) is 5.92. The number of rotatable bonds is 12. The van der Waals surface area contributed by atoms with Crippen LogP contribution >= 0.6 is 11.8 Å². The molecule has 0 aliphatic rings. The highest BCUT2D eigenvalue weighted by Crippen LogP contribution is 2.14. The lowest BCUT2D eigenvalue weighted by Gasteiger charge is -2.20. The number of unbranched alkanes of at least 4 members (excludes halogenated alkanes) is 1. The van der Waals surface area contributed by atoms with Crippen LogP contribution in [0.4, 0.5) is 0 Å². The zero-order chi connectivity index (χ0) is 17.9. The highest BCUT2D eigenvalue weighted by Gasteiger charge is 2.23. The van der Waals surface area contributed by atoms with Crippen molar-refractivity contribution in [2.75, 3.05) is 5.75 Å². The monoisotopic (exact) mass is 354 g/mol. The number of nitrogens with two attached hydrogens (primary N) is 1. The third-order valence-electron chi connectivity index (χ3n) is 3.68. The second kappa shape index (κ2) is 11.3. The minimum Gasteiger partial charge on any atom is -0.468 e. The molecule has 0 saturated heterocycles. The standard InChI is InChI=1S/C18H30N2O3S/c1-4-5-8-16(20-18(22)15(19)10-13(2)3)17(21)12-24-11-14-7-6-9-23-14/h6-7,9,13,15-16H,4-5,8,10-12,19H2,1-3H3,(H,20,22). The summed E-state index contributed by atoms with van der Waals surface area (Å²) in [6.45, 7) is 6.12. The summed E-state index contributed by atoms with van der Waals surface area (Å²) in [6.07, 6.45) is 4.79. The zero-order valence-corrected chi connectivity index (χ0v) is 15.7. The zero-order valence-electron chi connectivity index (χ0n) is 14.9. The van der Waals surface area contributed by atoms with E-state index >= 15 is 0 Å². The summed E-state index contributed by atoms with van der Waals surface area (Å²) in [4.78, 5) is 24.7. The number of carbonyl (C=O) groups is 2. The van der Waals surface area contributed by atoms with E-state index in [1.54, 1.807) is 6.26 Å². The van der Waals surface area contributed by atoms with Crippen LogP contribution in [-0.4, -0.2) is 29.5 Å². The Labute approximate surface area is 149 Å². The fourth-order valence-electron chi connectivity index (χ4n) is 2.36. The van der Waals surface area contributed by atoms with Gasteiger partial charge in [0.2, 0.25) is 5.91 Å². The van der Waals surface area contributed by atoms with E-state index < -0.39 is 12.1 Å². The van der Waals surface area contributed by atoms with Crippen LogP contribution in [-0.2, 0) is 15.3 Å². The molecule has 0 saturated carbocycles. The van der Waals surface area contributed by atoms with Gasteiger partial charge in [-0.1, -0.05) is 33.6 Å². The van der Waals surface area contributed by atoms with Crippen molar-refractivity contribution in [3.8, 4) is 0 Å². The van der Waals surface area contributed by atoms with Crippen molar-refractivity contribution < 1.29 is 14.0 Å². The molecule has 0 aliphatic heterocycles. The van der Waals surface area contributed by atoms with Gasteiger partial charge in [0.25, 0.3) is 0 Å². The van der Waals surface area contributed by atoms with Crippen molar-refractivity contribution in [1.29, 1.82) is 0 Å². The summed E-state index contributed by atoms with van der Waals surface area (Å²) in [5, 5.41) is 2.85. The second-order valence-electron chi connectivity index (χ2n) is 6.48. The van der Waals surface area contributed by atoms with Gasteiger partial charge in [0.15, 0.2) is 5.78 Å². The summed E-state index contributed by atoms with van der Waals surface area (Å²) in [6, 6.07) is 2.72. The molecule has 1 aromatic rings. The van der Waals surface area contributed by atoms with Crippen LogP contribution in [0.1, 0.15) is 52.2 Å². The van der Waals surface area contributed by atoms with Gasteiger partial charge in [-0.15, -0.1) is 11.8 Å². The molecular formula is C18H30N2O3S. The average molecular weight is 355 g/mol. The lowest BCUT2D eigenvalue weighted by molar-refractivity contribution is -0.127. The van der Waals surface area contributed by atoms with Crippen LogP contribution in [0.2, 0.25) is 0 Å². The van der Waals surface area contributed by atoms with Crippen LogP contribution in [0.25, 0.3) is 0 Å². The van der Waals surface area contributed by atoms with Crippen LogP contribution in [0.3, 0.4) is 0 Å². The maximum Gasteiger partial charge on any atom is 0.237 e. The summed E-state index contributed by atoms with van der Waals surface area (Å²) >= 11 is 1.50. The first-order chi connectivity index (χ1) is 11.4. The first-order valence-electron chi connectivity index (χ1n) is 8.62. The van der Waals surface area contributed by atoms with Crippen molar-refractivity contribution in [2.45, 2.75) is 64.3 Å². The maximum absolute atomic E-state index is 12.5. The van der Waals surface area contributed by atoms with E-state index in [2.05, 4.69) is 12.2 Å². The van der Waals surface area contributed by atoms with Crippen LogP contribution < -0.4 is 11.1 Å². The molecule has 0 aliphatic carbocycles. The van der Waals surface area contributed by atoms with Crippen LogP contribution in [0.15, 0.2) is 22.8 Å². The van der Waals surface area contributed by atoms with Gasteiger partial charge in [-0.25, -0.2) is 0 Å². The SMILES string of the molecule is CCCCC(NC(=O)C(N)CC(C)C)C(=O)CSCc1ccco1. The number of ketones is 1. The molecular weight excluding hydrogens is 324 g/mol. The van der Waals surface area contributed by atoms with Gasteiger partial charge in [0.05, 0.1) is 29.9 Å². The molecule has 1 heterocycles. The smallest absolute Gasteiger partial charge is 0.237 e. The number of thioether (sulfide) groups is 1. The fraction of sp³-hybridized carbons (Fsp3) is 0.667. The van der Waals surface area contributed by atoms with Gasteiger partial charge in [-0.2, -0.15) is 0 Å². The highest BCUT2D eigenvalue weighted by molar-refractivity contribution is 7.99. The van der Waals surface area contributed by atoms with Crippen molar-refractivity contribution in [1.82, 2.24) is 5.32 Å². The average Bonchev–Trinajstić information content (AvgIpc) is 3.03. The van der Waals surface area contributed by atoms with Crippen molar-refractivity contribution in [2.24, 2.45) is 11.7 Å². The Hall–Kier alpha value is -1.27. The number of carbonyl (C=O) groups excluding carboxylic acids is 2. The van der Waals surface area contributed by atoms with E-state index in [-0.39, 0.29) is 11.7 Å². The predicted molar refractivity (Wildman–Crippen MR) is 98.8 cm³/mol. The minimum absolute atomic E-state index is 0.0464. The molecule has 0 bridgehead atoms. The molecule has 5 nitrogen and oxygen atoms in total. The number of nitrogens with one attached hydrogen (secondary N) is 1. The largest absolute Gasteiger partial charge is 0.468 e. The minimum atomic E-state index is -0.558. The molecule has 0 fully saturated rings. The van der Waals surface area contributed by atoms with Gasteiger partial charge >= 0.3 is 0 Å². The fourth-order valence-corrected chi connectivity index (χ4v) is 3.23. The molecule has 1 aromatic heterocycles. The number of hydrogen-bond acceptors (Lipinski definition) is 5. The molecule has 136 valence electrons. The van der Waals surface area contributed by atoms with E-state index in [4.69, 9.17) is 10.2 Å². The number of furan rings is 1. The Morgan fingerprint density at radius 1 is 1.38 bits per heavy atom. The molecule has 0 spiro atoms. The van der Waals surface area contributed by atoms with E-state index in [0.29, 0.717) is 30.3 Å². The molecule has 1 amide bonds. The van der Waals surface area contributed by atoms with Gasteiger partial charge in [-0.3, -0.25) is 9.59 Å². The number of hydrogen-bond donors (Lipinski definition) is 2. The number of amides is 1. The quantitative estimate of drug-likeness (QED) is 0.602. The van der Waals surface area contributed by atoms with Gasteiger partial charge in [0.1, 0.15) is 5.76 Å². The highest BCUT2D eigenvalue weighted by atomic mass is 32.2. The summed E-state index contributed by atoms with van der Waals surface area (Å²) < 4.78 is 5.26. The lowest BCUT2D eigenvalue weighted by Crippen LogP contribution is -2.49. The number of Topliss-reactive ketones (excluding diaryl/α,β-unsaturated/α-hetero) is 1. The summed E-state index contributed by atoms with van der Waals surface area (Å²) in [5.74, 6) is 2.02. The van der Waals surface area contributed by atoms with Crippen LogP contribution in [0, 0.1) is 5.92 Å². The van der Waals surface area contributed by atoms with Crippen LogP contribution in [0.5, 0.6) is 0 Å². The van der Waals surface area contributed by atoms with E-state index in [1.165, 1.54) is 11.8 Å². The molecule has 0 radical (unpaired) electrons. The lowest BCUT2D eigenvalue weighted by atomic mass is 10.0. The summed E-state index contributed by atoms with van der Waals surface area (Å²) in [7, 11) is 0. The maximum atomic E-state index is 12.5. The Morgan fingerprint density at radius 2 is 2.12 bits per heavy atom. The first kappa shape index (κ1) is 20.8. The normalized spacial score (nSPS) is 13.7. The molecule has 2 atom stereocenters. The third kappa shape index (κ3) is 8.02. The Balaban J connectivity index is 2.49. The molecule has 2 unspecified atom stereocenters. The predicted octanol–water partition coefficient (Wildman–Crippen LogP) is 3.13. The first-order valence-corrected chi connectivity index (χ1v) is 9.78. The molecule has 24 heavy (non-hydrogen) atoms. The second-order valence-corrected chi connectivity index (χ2v) is 7.46. The van der Waals surface area contributed by atoms with Gasteiger partial charge in [0, 0.05) is 0 Å². The van der Waals surface area contributed by atoms with E-state index in [0.717, 1.165) is 18.6 Å². The van der Waals surface area contributed by atoms with Crippen molar-refractivity contribution in [3.63, 3.8) is 0 Å². The van der Waals surface area contributed by atoms with Crippen molar-refractivity contribution >= 4 is 23.5 Å². The van der Waals surface area contributed by atoms with Gasteiger partial charge in [-0.05, 0) is 30.9 Å². The molecule has 1 rings (SSSR count). The van der Waals surface area contributed by atoms with Crippen molar-refractivity contribution in [3.05, 3.63) is 24.2 Å². The third-order valence-corrected chi connectivity index (χ3v) is 4.66. The molecule has 6 heteroatoms. The Bertz CT molecular complexity index is 488. The van der Waals surface area contributed by atoms with E-state index in [1.807, 2.05) is 26.0 Å². The van der Waals surface area contributed by atoms with E-state index in [9.17, 15) is 9.59 Å². The molecule has 3 N–H and O–H groups in total. The molecule has 0 aromatic carbocycles. The Kier molecular flexibility index (Phi) is 9.79. The Morgan fingerprint density at radius 3 is 2.71 bits per heavy atom.